The molecule has 1 atom stereocenters. The molecule has 1 unspecified atom stereocenters. The fourth-order valence-electron chi connectivity index (χ4n) is 3.88. The van der Waals surface area contributed by atoms with Crippen LogP contribution in [-0.2, 0) is 20.7 Å². The van der Waals surface area contributed by atoms with Gasteiger partial charge in [0.25, 0.3) is 10.1 Å². The molecule has 6 heteroatoms. The molecule has 0 bridgehead atoms. The van der Waals surface area contributed by atoms with E-state index in [2.05, 4.69) is 34.4 Å². The van der Waals surface area contributed by atoms with Gasteiger partial charge in [-0.2, -0.15) is 18.3 Å². The molecule has 1 rings (SSSR count). The topological polar surface area (TPSA) is 43.4 Å². The monoisotopic (exact) mass is 522 g/mol. The van der Waals surface area contributed by atoms with Gasteiger partial charge in [0.1, 0.15) is 0 Å². The second kappa shape index (κ2) is 21.3. The zero-order valence-electron chi connectivity index (χ0n) is 22.8. The van der Waals surface area contributed by atoms with Crippen LogP contribution in [0.15, 0.2) is 29.2 Å². The maximum absolute atomic E-state index is 12.1. The van der Waals surface area contributed by atoms with Crippen LogP contribution in [0, 0.1) is 0 Å². The fourth-order valence-corrected chi connectivity index (χ4v) is 9.46. The van der Waals surface area contributed by atoms with E-state index in [1.54, 1.807) is 30.6 Å². The van der Waals surface area contributed by atoms with E-state index in [1.165, 1.54) is 38.5 Å². The summed E-state index contributed by atoms with van der Waals surface area (Å²) in [4.78, 5) is 0.328. The van der Waals surface area contributed by atoms with Crippen LogP contribution in [0.4, 0.5) is 0 Å². The quantitative estimate of drug-likeness (QED) is 0.117. The Labute approximate surface area is 211 Å². The molecule has 0 aromatic heterocycles. The Morgan fingerprint density at radius 3 is 1.64 bits per heavy atom. The van der Waals surface area contributed by atoms with Crippen molar-refractivity contribution < 1.29 is 12.6 Å². The normalized spacial score (nSPS) is 11.9. The SMILES string of the molecule is CCCCOS(=O)(=O)c1ccccc1CCCC.CCCC[PH](C)(CCCC)CCCC.P. The number of hydrogen-bond acceptors (Lipinski definition) is 3. The van der Waals surface area contributed by atoms with Crippen LogP contribution in [-0.4, -0.2) is 40.2 Å². The minimum atomic E-state index is -3.59. The summed E-state index contributed by atoms with van der Waals surface area (Å²) in [6.45, 7) is 14.0. The summed E-state index contributed by atoms with van der Waals surface area (Å²) in [5.41, 5.74) is 0.857. The Morgan fingerprint density at radius 1 is 0.727 bits per heavy atom. The molecule has 1 aromatic carbocycles. The smallest absolute Gasteiger partial charge is 0.153 e. The minimum Gasteiger partial charge on any atom is -0.153 e. The standard InChI is InChI=1S/C14H22O3S.C13H31P.H3P/c1-3-5-9-13-10-7-8-11-14(13)18(15,16)17-12-6-4-2;1-5-8-11-14(4,12-9-6-2)13-10-7-3;/h7-8,10-11H,3-6,9,12H2,1-2H3;14H,5-13H2,1-4H3;1H3. The first-order valence-corrected chi connectivity index (χ1v) is 17.8. The molecule has 0 saturated heterocycles. The largest absolute Gasteiger partial charge is 0.153 e. The van der Waals surface area contributed by atoms with Gasteiger partial charge in [0.15, 0.2) is 0 Å². The van der Waals surface area contributed by atoms with Gasteiger partial charge in [-0.25, -0.2) is 0 Å². The second-order valence-corrected chi connectivity index (χ2v) is 16.2. The maximum atomic E-state index is 12.1. The predicted octanol–water partition coefficient (Wildman–Crippen LogP) is 8.36. The van der Waals surface area contributed by atoms with E-state index >= 15 is 0 Å². The maximum Gasteiger partial charge on any atom is -0.153 e. The molecule has 0 radical (unpaired) electrons. The number of benzene rings is 1. The van der Waals surface area contributed by atoms with Crippen LogP contribution in [0.3, 0.4) is 0 Å². The van der Waals surface area contributed by atoms with Gasteiger partial charge in [-0.05, 0) is 30.9 Å². The molecule has 0 amide bonds. The van der Waals surface area contributed by atoms with Crippen LogP contribution >= 0.6 is 17.2 Å². The molecule has 3 nitrogen and oxygen atoms in total. The summed E-state index contributed by atoms with van der Waals surface area (Å²) in [5, 5.41) is 0. The van der Waals surface area contributed by atoms with Crippen molar-refractivity contribution in [2.75, 3.05) is 31.8 Å². The van der Waals surface area contributed by atoms with Crippen LogP contribution in [0.5, 0.6) is 0 Å². The van der Waals surface area contributed by atoms with E-state index in [-0.39, 0.29) is 16.5 Å². The van der Waals surface area contributed by atoms with Gasteiger partial charge in [-0.1, -0.05) is 44.9 Å². The molecule has 0 heterocycles. The number of aryl methyl sites for hydroxylation is 1. The first-order chi connectivity index (χ1) is 15.3. The van der Waals surface area contributed by atoms with Crippen LogP contribution in [0.2, 0.25) is 0 Å². The van der Waals surface area contributed by atoms with Gasteiger partial charge in [-0.15, -0.1) is 0 Å². The van der Waals surface area contributed by atoms with E-state index in [1.807, 2.05) is 19.1 Å². The number of unbranched alkanes of at least 4 members (excludes halogenated alkanes) is 5. The first kappa shape index (κ1) is 35.2. The Balaban J connectivity index is 0. The predicted molar refractivity (Wildman–Crippen MR) is 158 cm³/mol. The molecule has 0 aliphatic rings. The second-order valence-electron chi connectivity index (χ2n) is 9.46. The third-order valence-corrected chi connectivity index (χ3v) is 12.3. The van der Waals surface area contributed by atoms with Gasteiger partial charge in [-0.3, -0.25) is 4.18 Å². The molecule has 198 valence electrons. The van der Waals surface area contributed by atoms with Crippen molar-refractivity contribution in [3.8, 4) is 0 Å². The van der Waals surface area contributed by atoms with Crippen molar-refractivity contribution in [1.82, 2.24) is 0 Å². The van der Waals surface area contributed by atoms with Crippen molar-refractivity contribution in [1.29, 1.82) is 0 Å². The molecule has 33 heavy (non-hydrogen) atoms. The van der Waals surface area contributed by atoms with Gasteiger partial charge < -0.3 is 0 Å². The van der Waals surface area contributed by atoms with E-state index in [4.69, 9.17) is 4.18 Å². The summed E-state index contributed by atoms with van der Waals surface area (Å²) in [5.74, 6) is 0. The van der Waals surface area contributed by atoms with Crippen LogP contribution < -0.4 is 0 Å². The number of rotatable bonds is 17. The summed E-state index contributed by atoms with van der Waals surface area (Å²) in [6, 6.07) is 7.11. The van der Waals surface area contributed by atoms with E-state index < -0.39 is 17.4 Å². The third-order valence-electron chi connectivity index (χ3n) is 6.18. The molecule has 0 saturated carbocycles. The number of hydrogen-bond donors (Lipinski definition) is 0. The molecular formula is C27H56O3P2S. The Morgan fingerprint density at radius 2 is 1.18 bits per heavy atom. The molecule has 0 aliphatic heterocycles. The van der Waals surface area contributed by atoms with Crippen molar-refractivity contribution in [3.05, 3.63) is 29.8 Å². The average molecular weight is 523 g/mol. The molecular weight excluding hydrogens is 466 g/mol. The zero-order valence-corrected chi connectivity index (χ0v) is 26.0. The molecule has 0 spiro atoms. The van der Waals surface area contributed by atoms with Crippen molar-refractivity contribution >= 4 is 27.3 Å². The molecule has 1 aromatic rings. The minimum absolute atomic E-state index is 0. The fraction of sp³-hybridized carbons (Fsp3) is 0.778. The Kier molecular flexibility index (Phi) is 22.7. The Bertz CT molecular complexity index is 656. The van der Waals surface area contributed by atoms with Gasteiger partial charge in [0.05, 0.1) is 11.5 Å². The van der Waals surface area contributed by atoms with Crippen LogP contribution in [0.25, 0.3) is 0 Å². The molecule has 0 fully saturated rings. The average Bonchev–Trinajstić information content (AvgIpc) is 2.79. The van der Waals surface area contributed by atoms with E-state index in [9.17, 15) is 8.42 Å². The van der Waals surface area contributed by atoms with Crippen molar-refractivity contribution in [3.63, 3.8) is 0 Å². The van der Waals surface area contributed by atoms with Gasteiger partial charge in [0, 0.05) is 0 Å². The van der Waals surface area contributed by atoms with Gasteiger partial charge in [0.2, 0.25) is 0 Å². The summed E-state index contributed by atoms with van der Waals surface area (Å²) in [6.07, 6.45) is 17.9. The van der Waals surface area contributed by atoms with Gasteiger partial charge >= 0.3 is 91.7 Å². The summed E-state index contributed by atoms with van der Waals surface area (Å²) >= 11 is 0. The van der Waals surface area contributed by atoms with E-state index in [0.29, 0.717) is 4.90 Å². The van der Waals surface area contributed by atoms with Crippen LogP contribution in [0.1, 0.15) is 104 Å². The Hall–Kier alpha value is -0.0100. The molecule has 0 N–H and O–H groups in total. The molecule has 0 aliphatic carbocycles. The summed E-state index contributed by atoms with van der Waals surface area (Å²) in [7, 11) is -4.41. The van der Waals surface area contributed by atoms with Crippen molar-refractivity contribution in [2.24, 2.45) is 0 Å². The zero-order chi connectivity index (χ0) is 24.3. The van der Waals surface area contributed by atoms with E-state index in [0.717, 1.165) is 37.7 Å². The first-order valence-electron chi connectivity index (χ1n) is 13.3. The summed E-state index contributed by atoms with van der Waals surface area (Å²) < 4.78 is 29.2. The van der Waals surface area contributed by atoms with Crippen molar-refractivity contribution in [2.45, 2.75) is 110 Å². The third kappa shape index (κ3) is 16.3.